The number of likely N-dealkylation sites (N-methyl/N-ethyl adjacent to an activating group) is 1. The molecule has 6 heteroatoms. The van der Waals surface area contributed by atoms with Gasteiger partial charge in [-0.05, 0) is 47.4 Å². The average molecular weight is 316 g/mol. The third-order valence-corrected chi connectivity index (χ3v) is 2.90. The summed E-state index contributed by atoms with van der Waals surface area (Å²) < 4.78 is 0.852. The summed E-state index contributed by atoms with van der Waals surface area (Å²) in [5.74, 6) is -0.0851. The number of hydrogen-bond donors (Lipinski definition) is 1. The number of nitrogens with one attached hydrogen (secondary N) is 1. The molecule has 1 aromatic rings. The number of carbonyl (C=O) groups excluding carboxylic acids is 1. The highest BCUT2D eigenvalue weighted by Gasteiger charge is 2.06. The Morgan fingerprint density at radius 1 is 1.56 bits per heavy atom. The molecule has 0 aromatic carbocycles. The summed E-state index contributed by atoms with van der Waals surface area (Å²) in [6, 6.07) is 5.87. The number of aryl methyl sites for hydroxylation is 1. The summed E-state index contributed by atoms with van der Waals surface area (Å²) in [4.78, 5) is 20.5. The third kappa shape index (κ3) is 5.57. The number of nitrogens with zero attached hydrogens (tertiary/aromatic N) is 2. The smallest absolute Gasteiger partial charge is 0.259 e. The Labute approximate surface area is 116 Å². The van der Waals surface area contributed by atoms with Crippen molar-refractivity contribution in [3.63, 3.8) is 0 Å². The second-order valence-electron chi connectivity index (χ2n) is 3.81. The van der Waals surface area contributed by atoms with Crippen LogP contribution >= 0.6 is 15.9 Å². The maximum absolute atomic E-state index is 11.4. The van der Waals surface area contributed by atoms with Gasteiger partial charge in [-0.1, -0.05) is 6.07 Å². The molecule has 0 bridgehead atoms. The van der Waals surface area contributed by atoms with Crippen LogP contribution in [0.2, 0.25) is 0 Å². The van der Waals surface area contributed by atoms with E-state index in [4.69, 9.17) is 4.84 Å². The van der Waals surface area contributed by atoms with Crippen LogP contribution in [0.5, 0.6) is 0 Å². The summed E-state index contributed by atoms with van der Waals surface area (Å²) in [7, 11) is 3.06. The van der Waals surface area contributed by atoms with Gasteiger partial charge in [0.25, 0.3) is 5.91 Å². The molecule has 0 aliphatic heterocycles. The second-order valence-corrected chi connectivity index (χ2v) is 4.62. The van der Waals surface area contributed by atoms with Gasteiger partial charge in [-0.15, -0.1) is 0 Å². The van der Waals surface area contributed by atoms with Gasteiger partial charge in [0.2, 0.25) is 0 Å². The van der Waals surface area contributed by atoms with Crippen LogP contribution in [0.3, 0.4) is 0 Å². The highest BCUT2D eigenvalue weighted by molar-refractivity contribution is 9.10. The molecule has 0 spiro atoms. The number of aromatic nitrogens is 1. The van der Waals surface area contributed by atoms with Crippen molar-refractivity contribution in [2.24, 2.45) is 0 Å². The van der Waals surface area contributed by atoms with Crippen molar-refractivity contribution < 1.29 is 9.63 Å². The molecule has 100 valence electrons. The highest BCUT2D eigenvalue weighted by Crippen LogP contribution is 2.07. The van der Waals surface area contributed by atoms with E-state index in [9.17, 15) is 4.79 Å². The first-order valence-electron chi connectivity index (χ1n) is 5.76. The number of amides is 1. The Balaban J connectivity index is 2.14. The summed E-state index contributed by atoms with van der Waals surface area (Å²) in [6.45, 7) is 1.06. The lowest BCUT2D eigenvalue weighted by molar-refractivity contribution is -0.167. The number of carbonyl (C=O) groups is 1. The van der Waals surface area contributed by atoms with Crippen molar-refractivity contribution in [3.8, 4) is 0 Å². The van der Waals surface area contributed by atoms with Gasteiger partial charge in [0.1, 0.15) is 4.60 Å². The standard InChI is InChI=1S/C12H18BrN3O2/c1-16(18-2)12(17)9-14-8-4-6-10-5-3-7-11(13)15-10/h3,5,7,14H,4,6,8-9H2,1-2H3. The largest absolute Gasteiger partial charge is 0.308 e. The van der Waals surface area contributed by atoms with Crippen LogP contribution < -0.4 is 5.32 Å². The number of rotatable bonds is 7. The van der Waals surface area contributed by atoms with Crippen LogP contribution in [0.1, 0.15) is 12.1 Å². The van der Waals surface area contributed by atoms with E-state index >= 15 is 0 Å². The van der Waals surface area contributed by atoms with Gasteiger partial charge in [0.05, 0.1) is 13.7 Å². The van der Waals surface area contributed by atoms with Crippen LogP contribution in [0, 0.1) is 0 Å². The van der Waals surface area contributed by atoms with Gasteiger partial charge in [-0.3, -0.25) is 9.63 Å². The first kappa shape index (κ1) is 15.1. The Morgan fingerprint density at radius 3 is 3.00 bits per heavy atom. The van der Waals surface area contributed by atoms with Crippen LogP contribution in [0.25, 0.3) is 0 Å². The molecule has 0 saturated heterocycles. The minimum atomic E-state index is -0.0851. The third-order valence-electron chi connectivity index (χ3n) is 2.46. The molecule has 1 heterocycles. The summed E-state index contributed by atoms with van der Waals surface area (Å²) in [6.07, 6.45) is 1.83. The first-order valence-corrected chi connectivity index (χ1v) is 6.55. The summed E-state index contributed by atoms with van der Waals surface area (Å²) >= 11 is 3.34. The van der Waals surface area contributed by atoms with Gasteiger partial charge in [-0.25, -0.2) is 10.0 Å². The zero-order chi connectivity index (χ0) is 13.4. The maximum Gasteiger partial charge on any atom is 0.259 e. The van der Waals surface area contributed by atoms with Crippen molar-refractivity contribution >= 4 is 21.8 Å². The molecule has 0 radical (unpaired) electrons. The predicted octanol–water partition coefficient (Wildman–Crippen LogP) is 1.39. The van der Waals surface area contributed by atoms with Gasteiger partial charge < -0.3 is 5.32 Å². The van der Waals surface area contributed by atoms with Crippen molar-refractivity contribution in [2.45, 2.75) is 12.8 Å². The Hall–Kier alpha value is -0.980. The average Bonchev–Trinajstić information content (AvgIpc) is 2.37. The molecule has 1 aromatic heterocycles. The fourth-order valence-corrected chi connectivity index (χ4v) is 1.77. The molecule has 1 rings (SSSR count). The van der Waals surface area contributed by atoms with E-state index in [0.717, 1.165) is 29.7 Å². The van der Waals surface area contributed by atoms with Crippen molar-refractivity contribution in [3.05, 3.63) is 28.5 Å². The van der Waals surface area contributed by atoms with E-state index in [2.05, 4.69) is 26.2 Å². The van der Waals surface area contributed by atoms with Crippen molar-refractivity contribution in [1.29, 1.82) is 0 Å². The molecule has 0 saturated carbocycles. The molecule has 0 fully saturated rings. The Kier molecular flexibility index (Phi) is 6.85. The second kappa shape index (κ2) is 8.18. The topological polar surface area (TPSA) is 54.5 Å². The Morgan fingerprint density at radius 2 is 2.33 bits per heavy atom. The van der Waals surface area contributed by atoms with Crippen molar-refractivity contribution in [1.82, 2.24) is 15.4 Å². The number of hydroxylamine groups is 2. The van der Waals surface area contributed by atoms with Gasteiger partial charge in [0.15, 0.2) is 0 Å². The predicted molar refractivity (Wildman–Crippen MR) is 72.9 cm³/mol. The van der Waals surface area contributed by atoms with Crippen LogP contribution in [-0.4, -0.2) is 43.2 Å². The van der Waals surface area contributed by atoms with E-state index in [1.807, 2.05) is 18.2 Å². The van der Waals surface area contributed by atoms with E-state index in [-0.39, 0.29) is 12.5 Å². The fourth-order valence-electron chi connectivity index (χ4n) is 1.39. The van der Waals surface area contributed by atoms with Crippen molar-refractivity contribution in [2.75, 3.05) is 27.2 Å². The van der Waals surface area contributed by atoms with E-state index in [1.165, 1.54) is 12.2 Å². The van der Waals surface area contributed by atoms with Crippen LogP contribution in [0.4, 0.5) is 0 Å². The fraction of sp³-hybridized carbons (Fsp3) is 0.500. The van der Waals surface area contributed by atoms with Crippen LogP contribution in [0.15, 0.2) is 22.8 Å². The molecule has 5 nitrogen and oxygen atoms in total. The molecule has 1 amide bonds. The van der Waals surface area contributed by atoms with Gasteiger partial charge >= 0.3 is 0 Å². The zero-order valence-corrected chi connectivity index (χ0v) is 12.2. The quantitative estimate of drug-likeness (QED) is 0.469. The SMILES string of the molecule is CON(C)C(=O)CNCCCc1cccc(Br)n1. The normalized spacial score (nSPS) is 10.4. The molecule has 0 unspecified atom stereocenters. The lowest BCUT2D eigenvalue weighted by Crippen LogP contribution is -2.35. The van der Waals surface area contributed by atoms with E-state index in [1.54, 1.807) is 7.05 Å². The minimum Gasteiger partial charge on any atom is -0.308 e. The summed E-state index contributed by atoms with van der Waals surface area (Å²) in [5.41, 5.74) is 1.05. The Bertz CT molecular complexity index is 387. The van der Waals surface area contributed by atoms with Gasteiger partial charge in [-0.2, -0.15) is 0 Å². The first-order chi connectivity index (χ1) is 8.63. The minimum absolute atomic E-state index is 0.0851. The lowest BCUT2D eigenvalue weighted by atomic mass is 10.2. The van der Waals surface area contributed by atoms with Crippen LogP contribution in [-0.2, 0) is 16.1 Å². The highest BCUT2D eigenvalue weighted by atomic mass is 79.9. The molecule has 0 atom stereocenters. The maximum atomic E-state index is 11.4. The molecule has 0 aliphatic carbocycles. The number of halogens is 1. The monoisotopic (exact) mass is 315 g/mol. The summed E-state index contributed by atoms with van der Waals surface area (Å²) in [5, 5.41) is 4.29. The molecule has 18 heavy (non-hydrogen) atoms. The zero-order valence-electron chi connectivity index (χ0n) is 10.6. The van der Waals surface area contributed by atoms with E-state index in [0.29, 0.717) is 0 Å². The van der Waals surface area contributed by atoms with Gasteiger partial charge in [0, 0.05) is 12.7 Å². The molecule has 1 N–H and O–H groups in total. The lowest BCUT2D eigenvalue weighted by Gasteiger charge is -2.13. The molecule has 0 aliphatic rings. The number of pyridine rings is 1. The van der Waals surface area contributed by atoms with E-state index < -0.39 is 0 Å². The number of hydrogen-bond acceptors (Lipinski definition) is 4. The molecular weight excluding hydrogens is 298 g/mol. The molecular formula is C12H18BrN3O2.